The van der Waals surface area contributed by atoms with Crippen LogP contribution >= 0.6 is 0 Å². The molecule has 6 nitrogen and oxygen atoms in total. The Morgan fingerprint density at radius 2 is 2.16 bits per heavy atom. The number of hydrogen-bond acceptors (Lipinski definition) is 4. The first kappa shape index (κ1) is 17.6. The van der Waals surface area contributed by atoms with E-state index in [4.69, 9.17) is 4.74 Å². The Bertz CT molecular complexity index is 701. The number of piperidine rings is 1. The van der Waals surface area contributed by atoms with Crippen molar-refractivity contribution in [2.45, 2.75) is 39.2 Å². The normalized spacial score (nSPS) is 18.4. The van der Waals surface area contributed by atoms with E-state index in [1.54, 1.807) is 0 Å². The van der Waals surface area contributed by atoms with Crippen LogP contribution in [0.3, 0.4) is 0 Å². The number of hydrogen-bond donors (Lipinski definition) is 1. The molecule has 0 bridgehead atoms. The van der Waals surface area contributed by atoms with Crippen LogP contribution in [0.2, 0.25) is 0 Å². The van der Waals surface area contributed by atoms with E-state index in [0.29, 0.717) is 5.92 Å². The molecular formula is C19H28N4O2. The van der Waals surface area contributed by atoms with Gasteiger partial charge in [0.25, 0.3) is 0 Å². The van der Waals surface area contributed by atoms with E-state index in [1.165, 1.54) is 0 Å². The van der Waals surface area contributed by atoms with Gasteiger partial charge in [-0.05, 0) is 51.7 Å². The van der Waals surface area contributed by atoms with Crippen molar-refractivity contribution in [1.82, 2.24) is 14.9 Å². The highest BCUT2D eigenvalue weighted by atomic mass is 16.6. The first-order chi connectivity index (χ1) is 11.8. The molecule has 136 valence electrons. The van der Waals surface area contributed by atoms with E-state index in [9.17, 15) is 4.79 Å². The number of para-hydroxylation sites is 2. The van der Waals surface area contributed by atoms with Crippen LogP contribution in [0.4, 0.5) is 10.7 Å². The number of aromatic nitrogens is 2. The molecule has 3 rings (SSSR count). The van der Waals surface area contributed by atoms with Crippen LogP contribution < -0.4 is 4.90 Å². The van der Waals surface area contributed by atoms with E-state index in [0.717, 1.165) is 49.5 Å². The zero-order valence-electron chi connectivity index (χ0n) is 15.6. The molecule has 2 aromatic rings. The van der Waals surface area contributed by atoms with Crippen LogP contribution in [0.5, 0.6) is 0 Å². The fourth-order valence-electron chi connectivity index (χ4n) is 3.30. The van der Waals surface area contributed by atoms with Crippen molar-refractivity contribution in [3.05, 3.63) is 24.3 Å². The number of benzene rings is 1. The summed E-state index contributed by atoms with van der Waals surface area (Å²) in [6.07, 6.45) is 1.92. The largest absolute Gasteiger partial charge is 0.444 e. The summed E-state index contributed by atoms with van der Waals surface area (Å²) in [7, 11) is 2.05. The number of H-pyrrole nitrogens is 1. The van der Waals surface area contributed by atoms with Gasteiger partial charge in [0.1, 0.15) is 5.60 Å². The standard InChI is InChI=1S/C19H28N4O2/c1-19(2,3)25-18(24)23-11-7-8-14(13-23)12-22(4)17-20-15-9-5-6-10-16(15)21-17/h5-6,9-10,14H,7-8,11-13H2,1-4H3,(H,20,21)/t14-/m0/s1. The molecule has 1 atom stereocenters. The number of nitrogens with zero attached hydrogens (tertiary/aromatic N) is 3. The Balaban J connectivity index is 1.61. The maximum absolute atomic E-state index is 12.3. The highest BCUT2D eigenvalue weighted by Gasteiger charge is 2.28. The number of amides is 1. The molecule has 25 heavy (non-hydrogen) atoms. The Kier molecular flexibility index (Phi) is 4.88. The zero-order valence-corrected chi connectivity index (χ0v) is 15.6. The van der Waals surface area contributed by atoms with Gasteiger partial charge >= 0.3 is 6.09 Å². The Morgan fingerprint density at radius 3 is 2.88 bits per heavy atom. The van der Waals surface area contributed by atoms with Gasteiger partial charge in [0.15, 0.2) is 0 Å². The molecule has 0 saturated carbocycles. The average molecular weight is 344 g/mol. The lowest BCUT2D eigenvalue weighted by Gasteiger charge is -2.35. The van der Waals surface area contributed by atoms with E-state index in [1.807, 2.05) is 57.0 Å². The highest BCUT2D eigenvalue weighted by molar-refractivity contribution is 5.77. The number of likely N-dealkylation sites (tertiary alicyclic amines) is 1. The topological polar surface area (TPSA) is 61.5 Å². The monoisotopic (exact) mass is 344 g/mol. The van der Waals surface area contributed by atoms with Gasteiger partial charge in [-0.3, -0.25) is 0 Å². The van der Waals surface area contributed by atoms with Gasteiger partial charge in [-0.1, -0.05) is 12.1 Å². The van der Waals surface area contributed by atoms with Crippen molar-refractivity contribution < 1.29 is 9.53 Å². The van der Waals surface area contributed by atoms with Crippen molar-refractivity contribution in [2.75, 3.05) is 31.6 Å². The summed E-state index contributed by atoms with van der Waals surface area (Å²) in [5.74, 6) is 1.29. The predicted octanol–water partition coefficient (Wildman–Crippen LogP) is 3.65. The van der Waals surface area contributed by atoms with Crippen molar-refractivity contribution in [3.63, 3.8) is 0 Å². The number of imidazole rings is 1. The number of carbonyl (C=O) groups excluding carboxylic acids is 1. The minimum atomic E-state index is -0.449. The van der Waals surface area contributed by atoms with Crippen molar-refractivity contribution in [1.29, 1.82) is 0 Å². The van der Waals surface area contributed by atoms with Gasteiger partial charge in [-0.15, -0.1) is 0 Å². The van der Waals surface area contributed by atoms with Crippen LogP contribution in [-0.4, -0.2) is 53.2 Å². The SMILES string of the molecule is CN(C[C@@H]1CCCN(C(=O)OC(C)(C)C)C1)c1nc2ccccc2[nH]1. The summed E-state index contributed by atoms with van der Waals surface area (Å²) < 4.78 is 5.51. The lowest BCUT2D eigenvalue weighted by molar-refractivity contribution is 0.0170. The zero-order chi connectivity index (χ0) is 18.0. The van der Waals surface area contributed by atoms with Gasteiger partial charge in [-0.2, -0.15) is 0 Å². The van der Waals surface area contributed by atoms with Gasteiger partial charge in [0.05, 0.1) is 11.0 Å². The molecule has 2 heterocycles. The van der Waals surface area contributed by atoms with Gasteiger partial charge < -0.3 is 19.5 Å². The van der Waals surface area contributed by atoms with Gasteiger partial charge in [0, 0.05) is 26.7 Å². The fraction of sp³-hybridized carbons (Fsp3) is 0.579. The molecule has 0 radical (unpaired) electrons. The van der Waals surface area contributed by atoms with Gasteiger partial charge in [-0.25, -0.2) is 9.78 Å². The number of ether oxygens (including phenoxy) is 1. The first-order valence-electron chi connectivity index (χ1n) is 8.95. The number of anilines is 1. The summed E-state index contributed by atoms with van der Waals surface area (Å²) in [4.78, 5) is 24.3. The fourth-order valence-corrected chi connectivity index (χ4v) is 3.30. The van der Waals surface area contributed by atoms with E-state index in [-0.39, 0.29) is 6.09 Å². The molecule has 1 N–H and O–H groups in total. The van der Waals surface area contributed by atoms with Crippen LogP contribution in [0.15, 0.2) is 24.3 Å². The van der Waals surface area contributed by atoms with Crippen LogP contribution in [-0.2, 0) is 4.74 Å². The molecule has 1 amide bonds. The quantitative estimate of drug-likeness (QED) is 0.923. The second-order valence-electron chi connectivity index (χ2n) is 7.89. The second-order valence-corrected chi connectivity index (χ2v) is 7.89. The third kappa shape index (κ3) is 4.44. The smallest absolute Gasteiger partial charge is 0.410 e. The molecule has 1 aromatic heterocycles. The third-order valence-electron chi connectivity index (χ3n) is 4.44. The molecule has 1 aliphatic heterocycles. The second kappa shape index (κ2) is 6.94. The molecule has 1 fully saturated rings. The molecule has 6 heteroatoms. The molecule has 0 unspecified atom stereocenters. The van der Waals surface area contributed by atoms with E-state index < -0.39 is 5.60 Å². The molecule has 1 aliphatic rings. The molecule has 0 spiro atoms. The van der Waals surface area contributed by atoms with E-state index in [2.05, 4.69) is 14.9 Å². The minimum absolute atomic E-state index is 0.205. The van der Waals surface area contributed by atoms with Crippen LogP contribution in [0.1, 0.15) is 33.6 Å². The number of aromatic amines is 1. The number of carbonyl (C=O) groups is 1. The summed E-state index contributed by atoms with van der Waals surface area (Å²) in [5.41, 5.74) is 1.57. The average Bonchev–Trinajstić information content (AvgIpc) is 2.98. The maximum Gasteiger partial charge on any atom is 0.410 e. The van der Waals surface area contributed by atoms with Crippen LogP contribution in [0.25, 0.3) is 11.0 Å². The summed E-state index contributed by atoms with van der Waals surface area (Å²) >= 11 is 0. The third-order valence-corrected chi connectivity index (χ3v) is 4.44. The predicted molar refractivity (Wildman–Crippen MR) is 99.9 cm³/mol. The first-order valence-corrected chi connectivity index (χ1v) is 8.95. The van der Waals surface area contributed by atoms with E-state index >= 15 is 0 Å². The van der Waals surface area contributed by atoms with Crippen molar-refractivity contribution in [2.24, 2.45) is 5.92 Å². The Labute approximate surface area is 149 Å². The Morgan fingerprint density at radius 1 is 1.40 bits per heavy atom. The molecule has 1 aromatic carbocycles. The lowest BCUT2D eigenvalue weighted by atomic mass is 9.98. The van der Waals surface area contributed by atoms with Gasteiger partial charge in [0.2, 0.25) is 5.95 Å². The summed E-state index contributed by atoms with van der Waals surface area (Å²) in [6, 6.07) is 8.04. The number of rotatable bonds is 3. The maximum atomic E-state index is 12.3. The number of fused-ring (bicyclic) bond motifs is 1. The van der Waals surface area contributed by atoms with Crippen molar-refractivity contribution >= 4 is 23.1 Å². The van der Waals surface area contributed by atoms with Crippen LogP contribution in [0, 0.1) is 5.92 Å². The summed E-state index contributed by atoms with van der Waals surface area (Å²) in [5, 5.41) is 0. The number of nitrogens with one attached hydrogen (secondary N) is 1. The highest BCUT2D eigenvalue weighted by Crippen LogP contribution is 2.22. The summed E-state index contributed by atoms with van der Waals surface area (Å²) in [6.45, 7) is 8.09. The minimum Gasteiger partial charge on any atom is -0.444 e. The molecule has 0 aliphatic carbocycles. The lowest BCUT2D eigenvalue weighted by Crippen LogP contribution is -2.45. The molecule has 1 saturated heterocycles. The van der Waals surface area contributed by atoms with Crippen molar-refractivity contribution in [3.8, 4) is 0 Å². The Hall–Kier alpha value is -2.24. The molecular weight excluding hydrogens is 316 g/mol.